The van der Waals surface area contributed by atoms with Gasteiger partial charge >= 0.3 is 6.09 Å². The molecule has 1 aliphatic heterocycles. The van der Waals surface area contributed by atoms with Crippen molar-refractivity contribution in [3.05, 3.63) is 58.6 Å². The molecule has 3 rings (SSSR count). The van der Waals surface area contributed by atoms with E-state index >= 15 is 0 Å². The third-order valence-electron chi connectivity index (χ3n) is 3.99. The summed E-state index contributed by atoms with van der Waals surface area (Å²) in [5.74, 6) is -0.242. The monoisotopic (exact) mass is 376 g/mol. The zero-order valence-electron chi connectivity index (χ0n) is 13.7. The Morgan fingerprint density at radius 2 is 2.04 bits per heavy atom. The zero-order valence-corrected chi connectivity index (χ0v) is 14.5. The van der Waals surface area contributed by atoms with Gasteiger partial charge in [-0.25, -0.2) is 10.3 Å². The van der Waals surface area contributed by atoms with Crippen LogP contribution in [0.25, 0.3) is 0 Å². The molecule has 7 nitrogen and oxygen atoms in total. The van der Waals surface area contributed by atoms with Gasteiger partial charge in [0.2, 0.25) is 0 Å². The Morgan fingerprint density at radius 3 is 2.81 bits per heavy atom. The van der Waals surface area contributed by atoms with Crippen molar-refractivity contribution in [3.8, 4) is 5.75 Å². The van der Waals surface area contributed by atoms with Crippen molar-refractivity contribution < 1.29 is 24.3 Å². The normalized spacial score (nSPS) is 15.4. The zero-order chi connectivity index (χ0) is 18.5. The molecule has 1 heterocycles. The molecule has 0 radical (unpaired) electrons. The van der Waals surface area contributed by atoms with Gasteiger partial charge in [-0.05, 0) is 30.5 Å². The predicted molar refractivity (Wildman–Crippen MR) is 94.4 cm³/mol. The first kappa shape index (κ1) is 18.0. The Bertz CT molecular complexity index is 827. The molecule has 0 saturated heterocycles. The molecule has 0 fully saturated rings. The van der Waals surface area contributed by atoms with Gasteiger partial charge in [-0.1, -0.05) is 41.9 Å². The fraction of sp³-hybridized carbons (Fsp3) is 0.222. The number of amides is 2. The number of rotatable bonds is 4. The van der Waals surface area contributed by atoms with Crippen LogP contribution in [0.4, 0.5) is 10.5 Å². The van der Waals surface area contributed by atoms with Gasteiger partial charge in [0.05, 0.1) is 5.69 Å². The highest BCUT2D eigenvalue weighted by Gasteiger charge is 2.28. The largest absolute Gasteiger partial charge is 0.478 e. The molecule has 0 bridgehead atoms. The molecular formula is C18H17ClN2O5. The van der Waals surface area contributed by atoms with Gasteiger partial charge in [-0.15, -0.1) is 0 Å². The lowest BCUT2D eigenvalue weighted by Gasteiger charge is -2.26. The second-order valence-electron chi connectivity index (χ2n) is 5.71. The first-order valence-electron chi connectivity index (χ1n) is 7.98. The van der Waals surface area contributed by atoms with Crippen LogP contribution in [0.15, 0.2) is 42.5 Å². The number of ether oxygens (including phenoxy) is 2. The van der Waals surface area contributed by atoms with Crippen molar-refractivity contribution >= 4 is 29.3 Å². The van der Waals surface area contributed by atoms with Crippen LogP contribution in [0.1, 0.15) is 17.5 Å². The number of fused-ring (bicyclic) bond motifs is 1. The van der Waals surface area contributed by atoms with Gasteiger partial charge in [-0.3, -0.25) is 15.3 Å². The van der Waals surface area contributed by atoms with E-state index in [1.54, 1.807) is 41.9 Å². The number of hydrogen-bond donors (Lipinski definition) is 3. The van der Waals surface area contributed by atoms with Crippen LogP contribution in [0.2, 0.25) is 5.02 Å². The predicted octanol–water partition coefficient (Wildman–Crippen LogP) is 3.29. The Balaban J connectivity index is 1.68. The fourth-order valence-corrected chi connectivity index (χ4v) is 2.86. The maximum atomic E-state index is 12.1. The van der Waals surface area contributed by atoms with Crippen LogP contribution >= 0.6 is 11.6 Å². The van der Waals surface area contributed by atoms with Crippen molar-refractivity contribution in [1.29, 1.82) is 0 Å². The number of hydroxylamine groups is 1. The maximum Gasteiger partial charge on any atom is 0.412 e. The molecule has 3 N–H and O–H groups in total. The summed E-state index contributed by atoms with van der Waals surface area (Å²) in [6.07, 6.45) is -0.484. The summed E-state index contributed by atoms with van der Waals surface area (Å²) in [5, 5.41) is 11.9. The first-order valence-corrected chi connectivity index (χ1v) is 8.36. The number of nitrogens with one attached hydrogen (secondary N) is 2. The average Bonchev–Trinajstić information content (AvgIpc) is 2.66. The van der Waals surface area contributed by atoms with E-state index in [1.165, 1.54) is 0 Å². The number of carbonyl (C=O) groups is 2. The quantitative estimate of drug-likeness (QED) is 0.562. The highest BCUT2D eigenvalue weighted by Crippen LogP contribution is 2.35. The van der Waals surface area contributed by atoms with Crippen molar-refractivity contribution in [3.63, 3.8) is 0 Å². The molecule has 2 aromatic rings. The minimum Gasteiger partial charge on any atom is -0.478 e. The summed E-state index contributed by atoms with van der Waals surface area (Å²) in [5.41, 5.74) is 3.52. The Labute approximate surface area is 154 Å². The molecule has 136 valence electrons. The van der Waals surface area contributed by atoms with E-state index in [-0.39, 0.29) is 6.61 Å². The number of hydrogen-bond acceptors (Lipinski definition) is 5. The summed E-state index contributed by atoms with van der Waals surface area (Å²) < 4.78 is 10.8. The maximum absolute atomic E-state index is 12.1. The highest BCUT2D eigenvalue weighted by atomic mass is 35.5. The van der Waals surface area contributed by atoms with E-state index in [1.807, 2.05) is 6.07 Å². The van der Waals surface area contributed by atoms with E-state index in [4.69, 9.17) is 26.3 Å². The molecule has 8 heteroatoms. The van der Waals surface area contributed by atoms with Crippen LogP contribution in [0, 0.1) is 0 Å². The SMILES string of the molecule is O=C(Nc1cccc2c1O[C@@H](C(=O)NO)CC2)OCc1ccccc1Cl. The molecule has 1 atom stereocenters. The number of aryl methyl sites for hydroxylation is 1. The molecule has 1 aliphatic rings. The number of para-hydroxylation sites is 1. The van der Waals surface area contributed by atoms with Gasteiger partial charge in [0.1, 0.15) is 12.4 Å². The van der Waals surface area contributed by atoms with E-state index in [2.05, 4.69) is 5.32 Å². The van der Waals surface area contributed by atoms with Crippen molar-refractivity contribution in [2.45, 2.75) is 25.6 Å². The Morgan fingerprint density at radius 1 is 1.23 bits per heavy atom. The molecule has 26 heavy (non-hydrogen) atoms. The van der Waals surface area contributed by atoms with Gasteiger partial charge < -0.3 is 9.47 Å². The summed E-state index contributed by atoms with van der Waals surface area (Å²) in [4.78, 5) is 23.7. The minimum atomic E-state index is -0.824. The van der Waals surface area contributed by atoms with Gasteiger partial charge in [0.15, 0.2) is 6.10 Å². The summed E-state index contributed by atoms with van der Waals surface area (Å²) in [6.45, 7) is 0.0247. The molecule has 2 aromatic carbocycles. The molecule has 0 saturated carbocycles. The highest BCUT2D eigenvalue weighted by molar-refractivity contribution is 6.31. The van der Waals surface area contributed by atoms with Gasteiger partial charge in [0.25, 0.3) is 5.91 Å². The molecule has 0 aromatic heterocycles. The minimum absolute atomic E-state index is 0.0247. The van der Waals surface area contributed by atoms with Gasteiger partial charge in [-0.2, -0.15) is 0 Å². The third-order valence-corrected chi connectivity index (χ3v) is 4.36. The summed E-state index contributed by atoms with van der Waals surface area (Å²) in [6, 6.07) is 12.3. The molecule has 0 unspecified atom stereocenters. The number of carbonyl (C=O) groups excluding carboxylic acids is 2. The lowest BCUT2D eigenvalue weighted by atomic mass is 10.0. The number of anilines is 1. The van der Waals surface area contributed by atoms with Gasteiger partial charge in [0, 0.05) is 10.6 Å². The van der Waals surface area contributed by atoms with Crippen LogP contribution in [-0.4, -0.2) is 23.3 Å². The standard InChI is InChI=1S/C18H17ClN2O5/c19-13-6-2-1-4-12(13)10-25-18(23)20-14-7-3-5-11-8-9-15(17(22)21-24)26-16(11)14/h1-7,15,24H,8-10H2,(H,20,23)(H,21,22)/t15-/m1/s1. The number of halogens is 1. The van der Waals surface area contributed by atoms with Crippen LogP contribution in [-0.2, 0) is 22.6 Å². The topological polar surface area (TPSA) is 96.9 Å². The first-order chi connectivity index (χ1) is 12.6. The molecular weight excluding hydrogens is 360 g/mol. The number of benzene rings is 2. The smallest absolute Gasteiger partial charge is 0.412 e. The Kier molecular flexibility index (Phi) is 5.60. The summed E-state index contributed by atoms with van der Waals surface area (Å²) >= 11 is 6.03. The van der Waals surface area contributed by atoms with E-state index < -0.39 is 18.1 Å². The van der Waals surface area contributed by atoms with E-state index in [0.717, 1.165) is 5.56 Å². The van der Waals surface area contributed by atoms with Crippen LogP contribution in [0.3, 0.4) is 0 Å². The second-order valence-corrected chi connectivity index (χ2v) is 6.11. The fourth-order valence-electron chi connectivity index (χ4n) is 2.67. The Hall–Kier alpha value is -2.77. The second kappa shape index (κ2) is 8.07. The van der Waals surface area contributed by atoms with Crippen molar-refractivity contribution in [2.75, 3.05) is 5.32 Å². The van der Waals surface area contributed by atoms with Crippen molar-refractivity contribution in [2.24, 2.45) is 0 Å². The lowest BCUT2D eigenvalue weighted by Crippen LogP contribution is -2.39. The molecule has 0 spiro atoms. The van der Waals surface area contributed by atoms with Crippen LogP contribution < -0.4 is 15.5 Å². The van der Waals surface area contributed by atoms with E-state index in [9.17, 15) is 9.59 Å². The average molecular weight is 377 g/mol. The molecule has 2 amide bonds. The van der Waals surface area contributed by atoms with Crippen LogP contribution in [0.5, 0.6) is 5.75 Å². The van der Waals surface area contributed by atoms with Crippen molar-refractivity contribution in [1.82, 2.24) is 5.48 Å². The third kappa shape index (κ3) is 4.07. The van der Waals surface area contributed by atoms with E-state index in [0.29, 0.717) is 34.9 Å². The molecule has 0 aliphatic carbocycles. The lowest BCUT2D eigenvalue weighted by molar-refractivity contribution is -0.137. The summed E-state index contributed by atoms with van der Waals surface area (Å²) in [7, 11) is 0.